The number of hydrogen-bond donors (Lipinski definition) is 2. The second kappa shape index (κ2) is 7.06. The summed E-state index contributed by atoms with van der Waals surface area (Å²) in [5.41, 5.74) is 10.5. The average molecular weight is 510 g/mol. The maximum atomic E-state index is 13.4. The van der Waals surface area contributed by atoms with Crippen molar-refractivity contribution < 1.29 is 19.1 Å². The Labute approximate surface area is 217 Å². The van der Waals surface area contributed by atoms with Crippen LogP contribution in [0.1, 0.15) is 35.5 Å². The Balaban J connectivity index is 1.66. The predicted octanol–water partition coefficient (Wildman–Crippen LogP) is 4.15. The van der Waals surface area contributed by atoms with Gasteiger partial charge in [-0.2, -0.15) is 0 Å². The van der Waals surface area contributed by atoms with Crippen LogP contribution >= 0.6 is 0 Å². The fourth-order valence-corrected chi connectivity index (χ4v) is 7.56. The van der Waals surface area contributed by atoms with Gasteiger partial charge in [0.2, 0.25) is 0 Å². The van der Waals surface area contributed by atoms with E-state index in [2.05, 4.69) is 38.7 Å². The number of hydrogen-bond acceptors (Lipinski definition) is 4. The number of nitrogens with one attached hydrogen (secondary N) is 1. The minimum atomic E-state index is -0.981. The number of nitrogens with zero attached hydrogens (tertiary/aromatic N) is 3. The number of likely N-dealkylation sites (N-methyl/N-ethyl adjacent to an activating group) is 1. The van der Waals surface area contributed by atoms with E-state index in [0.717, 1.165) is 54.7 Å². The van der Waals surface area contributed by atoms with Crippen LogP contribution in [-0.2, 0) is 21.7 Å². The van der Waals surface area contributed by atoms with E-state index in [1.807, 2.05) is 31.2 Å². The highest BCUT2D eigenvalue weighted by Gasteiger charge is 2.54. The average Bonchev–Trinajstić information content (AvgIpc) is 3.55. The number of primary amides is 1. The summed E-state index contributed by atoms with van der Waals surface area (Å²) in [6.07, 6.45) is -0.450. The zero-order chi connectivity index (χ0) is 26.1. The van der Waals surface area contributed by atoms with Crippen LogP contribution in [0.2, 0.25) is 0 Å². The van der Waals surface area contributed by atoms with Gasteiger partial charge in [-0.05, 0) is 24.6 Å². The van der Waals surface area contributed by atoms with Gasteiger partial charge in [-0.3, -0.25) is 4.79 Å². The van der Waals surface area contributed by atoms with Gasteiger partial charge in [-0.1, -0.05) is 36.4 Å². The summed E-state index contributed by atoms with van der Waals surface area (Å²) in [5.74, 6) is -0.0536. The highest BCUT2D eigenvalue weighted by atomic mass is 16.6. The highest BCUT2D eigenvalue weighted by Crippen LogP contribution is 2.54. The molecule has 0 unspecified atom stereocenters. The van der Waals surface area contributed by atoms with Crippen molar-refractivity contribution in [3.63, 3.8) is 0 Å². The maximum Gasteiger partial charge on any atom is 0.314 e. The molecule has 9 heteroatoms. The molecule has 3 amide bonds. The molecule has 3 aliphatic heterocycles. The summed E-state index contributed by atoms with van der Waals surface area (Å²) in [6, 6.07) is 15.5. The Morgan fingerprint density at radius 1 is 1.11 bits per heavy atom. The largest absolute Gasteiger partial charge is 0.374 e. The van der Waals surface area contributed by atoms with Crippen molar-refractivity contribution in [3.05, 3.63) is 59.7 Å². The van der Waals surface area contributed by atoms with Gasteiger partial charge >= 0.3 is 6.03 Å². The molecule has 0 aliphatic carbocycles. The van der Waals surface area contributed by atoms with E-state index in [0.29, 0.717) is 13.0 Å². The van der Waals surface area contributed by atoms with Gasteiger partial charge in [0, 0.05) is 48.7 Å². The molecule has 4 atom stereocenters. The quantitative estimate of drug-likeness (QED) is 0.373. The fraction of sp³-hybridized carbons (Fsp3) is 0.310. The van der Waals surface area contributed by atoms with Gasteiger partial charge < -0.3 is 34.6 Å². The van der Waals surface area contributed by atoms with Crippen LogP contribution in [0.25, 0.3) is 43.6 Å². The molecule has 3 aliphatic rings. The number of methoxy groups -OCH3 is 1. The van der Waals surface area contributed by atoms with Crippen molar-refractivity contribution >= 4 is 55.5 Å². The Kier molecular flexibility index (Phi) is 4.08. The minimum absolute atomic E-state index is 0.0536. The van der Waals surface area contributed by atoms with E-state index in [9.17, 15) is 9.59 Å². The predicted molar refractivity (Wildman–Crippen MR) is 144 cm³/mol. The second-order valence-corrected chi connectivity index (χ2v) is 10.8. The molecule has 38 heavy (non-hydrogen) atoms. The standard InChI is InChI=1S/C29H27N5O4/c1-29-26(37-3)19(32(2)28(30)36)12-20(38-29)33-17-10-6-4-8-14(17)22-23-16(13-31-27(23)35)21-15-9-5-7-11-18(15)34(29)25(21)24(22)33/h4-11,19-20,26H,12-13H2,1-3H3,(H2,30,36)(H,31,35)/t19-,20-,26-,29+/m1/s1. The molecule has 0 spiro atoms. The minimum Gasteiger partial charge on any atom is -0.374 e. The molecule has 2 aromatic heterocycles. The zero-order valence-electron chi connectivity index (χ0n) is 21.3. The third-order valence-corrected chi connectivity index (χ3v) is 9.04. The SMILES string of the molecule is CO[C@@H]1[C@H](N(C)C(N)=O)C[C@H]2O[C@]1(C)n1c3ccccc3c3c4c(c5c6ccccc6n2c5c31)C(=O)NC4. The Morgan fingerprint density at radius 3 is 2.50 bits per heavy atom. The van der Waals surface area contributed by atoms with Crippen molar-refractivity contribution in [1.82, 2.24) is 19.4 Å². The molecule has 5 heterocycles. The molecule has 0 saturated carbocycles. The van der Waals surface area contributed by atoms with Gasteiger partial charge in [-0.25, -0.2) is 4.79 Å². The first-order valence-electron chi connectivity index (χ1n) is 12.9. The molecule has 5 aromatic rings. The number of carbonyl (C=O) groups excluding carboxylic acids is 2. The molecule has 3 N–H and O–H groups in total. The summed E-state index contributed by atoms with van der Waals surface area (Å²) in [6.45, 7) is 2.51. The smallest absolute Gasteiger partial charge is 0.314 e. The summed E-state index contributed by atoms with van der Waals surface area (Å²) in [5, 5.41) is 7.15. The van der Waals surface area contributed by atoms with Crippen molar-refractivity contribution in [2.75, 3.05) is 14.2 Å². The maximum absolute atomic E-state index is 13.4. The molecule has 9 nitrogen and oxygen atoms in total. The lowest BCUT2D eigenvalue weighted by molar-refractivity contribution is -0.264. The molecule has 8 rings (SSSR count). The summed E-state index contributed by atoms with van der Waals surface area (Å²) < 4.78 is 17.7. The summed E-state index contributed by atoms with van der Waals surface area (Å²) in [7, 11) is 3.38. The molecule has 3 aromatic carbocycles. The summed E-state index contributed by atoms with van der Waals surface area (Å²) in [4.78, 5) is 27.4. The third kappa shape index (κ3) is 2.35. The van der Waals surface area contributed by atoms with Crippen LogP contribution in [0.5, 0.6) is 0 Å². The normalized spacial score (nSPS) is 25.9. The number of benzene rings is 3. The van der Waals surface area contributed by atoms with Crippen LogP contribution in [0.3, 0.4) is 0 Å². The van der Waals surface area contributed by atoms with Crippen molar-refractivity contribution in [2.24, 2.45) is 5.73 Å². The molecular weight excluding hydrogens is 482 g/mol. The van der Waals surface area contributed by atoms with Crippen molar-refractivity contribution in [1.29, 1.82) is 0 Å². The second-order valence-electron chi connectivity index (χ2n) is 10.8. The number of urea groups is 1. The van der Waals surface area contributed by atoms with Crippen molar-refractivity contribution in [2.45, 2.75) is 44.0 Å². The number of carbonyl (C=O) groups is 2. The van der Waals surface area contributed by atoms with Gasteiger partial charge in [-0.15, -0.1) is 0 Å². The Morgan fingerprint density at radius 2 is 1.79 bits per heavy atom. The molecule has 2 bridgehead atoms. The first-order valence-corrected chi connectivity index (χ1v) is 12.9. The van der Waals surface area contributed by atoms with Gasteiger partial charge in [0.05, 0.1) is 33.7 Å². The number of aromatic nitrogens is 2. The van der Waals surface area contributed by atoms with Crippen LogP contribution in [-0.4, -0.2) is 52.3 Å². The Hall–Kier alpha value is -4.08. The van der Waals surface area contributed by atoms with E-state index >= 15 is 0 Å². The lowest BCUT2D eigenvalue weighted by Gasteiger charge is -2.50. The first-order chi connectivity index (χ1) is 18.4. The number of fused-ring (bicyclic) bond motifs is 13. The topological polar surface area (TPSA) is 104 Å². The number of nitrogens with two attached hydrogens (primary N) is 1. The molecule has 1 saturated heterocycles. The zero-order valence-corrected chi connectivity index (χ0v) is 21.3. The van der Waals surface area contributed by atoms with Crippen LogP contribution in [0.4, 0.5) is 4.79 Å². The molecular formula is C29H27N5O4. The van der Waals surface area contributed by atoms with Crippen molar-refractivity contribution in [3.8, 4) is 0 Å². The monoisotopic (exact) mass is 509 g/mol. The number of amides is 3. The van der Waals surface area contributed by atoms with E-state index in [1.54, 1.807) is 19.1 Å². The number of ether oxygens (including phenoxy) is 2. The number of rotatable bonds is 2. The van der Waals surface area contributed by atoms with Gasteiger partial charge in [0.15, 0.2) is 5.72 Å². The Bertz CT molecular complexity index is 1890. The molecule has 192 valence electrons. The van der Waals surface area contributed by atoms with E-state index in [4.69, 9.17) is 15.2 Å². The number of para-hydroxylation sites is 2. The van der Waals surface area contributed by atoms with Gasteiger partial charge in [0.25, 0.3) is 5.91 Å². The van der Waals surface area contributed by atoms with Crippen LogP contribution in [0, 0.1) is 0 Å². The fourth-order valence-electron chi connectivity index (χ4n) is 7.56. The molecule has 1 fully saturated rings. The lowest BCUT2D eigenvalue weighted by atomic mass is 9.92. The lowest BCUT2D eigenvalue weighted by Crippen LogP contribution is -2.62. The summed E-state index contributed by atoms with van der Waals surface area (Å²) >= 11 is 0. The highest BCUT2D eigenvalue weighted by molar-refractivity contribution is 6.31. The first kappa shape index (κ1) is 22.0. The van der Waals surface area contributed by atoms with E-state index in [-0.39, 0.29) is 11.9 Å². The van der Waals surface area contributed by atoms with E-state index < -0.39 is 24.1 Å². The van der Waals surface area contributed by atoms with E-state index in [1.165, 1.54) is 0 Å². The third-order valence-electron chi connectivity index (χ3n) is 9.04. The van der Waals surface area contributed by atoms with Crippen LogP contribution in [0.15, 0.2) is 48.5 Å². The molecule has 0 radical (unpaired) electrons. The van der Waals surface area contributed by atoms with Crippen LogP contribution < -0.4 is 11.1 Å². The van der Waals surface area contributed by atoms with Gasteiger partial charge in [0.1, 0.15) is 12.3 Å².